The number of likely N-dealkylation sites (N-methyl/N-ethyl adjacent to an activating group) is 1. The number of amides is 2. The topological polar surface area (TPSA) is 47.6 Å². The highest BCUT2D eigenvalue weighted by Crippen LogP contribution is 2.19. The molecule has 0 saturated carbocycles. The first kappa shape index (κ1) is 14.9. The largest absolute Gasteiger partial charge is 0.369 e. The summed E-state index contributed by atoms with van der Waals surface area (Å²) >= 11 is 5.51. The second-order valence-corrected chi connectivity index (χ2v) is 5.29. The highest BCUT2D eigenvalue weighted by Gasteiger charge is 2.14. The summed E-state index contributed by atoms with van der Waals surface area (Å²) in [7, 11) is 2.14. The second kappa shape index (κ2) is 7.36. The SMILES string of the molecule is CN1CCN(c2ccc(NC(=O)NCCCl)cc2)CC1. The minimum Gasteiger partial charge on any atom is -0.369 e. The standard InChI is InChI=1S/C14H21ClN4O/c1-18-8-10-19(11-9-18)13-4-2-12(3-5-13)17-14(20)16-7-6-15/h2-5H,6-11H2,1H3,(H2,16,17,20). The minimum atomic E-state index is -0.224. The van der Waals surface area contributed by atoms with Gasteiger partial charge in [0.2, 0.25) is 0 Å². The van der Waals surface area contributed by atoms with Crippen LogP contribution in [0, 0.1) is 0 Å². The molecule has 1 aliphatic rings. The first-order chi connectivity index (χ1) is 9.69. The van der Waals surface area contributed by atoms with Crippen molar-refractivity contribution in [2.75, 3.05) is 55.9 Å². The molecule has 20 heavy (non-hydrogen) atoms. The van der Waals surface area contributed by atoms with Gasteiger partial charge in [-0.2, -0.15) is 0 Å². The maximum Gasteiger partial charge on any atom is 0.319 e. The molecule has 0 aromatic heterocycles. The van der Waals surface area contributed by atoms with Crippen molar-refractivity contribution in [2.45, 2.75) is 0 Å². The Balaban J connectivity index is 1.88. The molecule has 6 heteroatoms. The number of carbonyl (C=O) groups excluding carboxylic acids is 1. The molecule has 0 radical (unpaired) electrons. The van der Waals surface area contributed by atoms with Gasteiger partial charge in [0.15, 0.2) is 0 Å². The van der Waals surface area contributed by atoms with Crippen molar-refractivity contribution in [2.24, 2.45) is 0 Å². The van der Waals surface area contributed by atoms with E-state index < -0.39 is 0 Å². The van der Waals surface area contributed by atoms with Gasteiger partial charge in [0, 0.05) is 50.0 Å². The number of hydrogen-bond acceptors (Lipinski definition) is 3. The number of piperazine rings is 1. The van der Waals surface area contributed by atoms with Crippen molar-refractivity contribution < 1.29 is 4.79 Å². The molecular weight excluding hydrogens is 276 g/mol. The van der Waals surface area contributed by atoms with Crippen molar-refractivity contribution in [1.82, 2.24) is 10.2 Å². The van der Waals surface area contributed by atoms with Crippen molar-refractivity contribution in [3.05, 3.63) is 24.3 Å². The van der Waals surface area contributed by atoms with Gasteiger partial charge in [-0.1, -0.05) is 0 Å². The van der Waals surface area contributed by atoms with E-state index in [0.29, 0.717) is 12.4 Å². The highest BCUT2D eigenvalue weighted by molar-refractivity contribution is 6.18. The molecule has 1 fully saturated rings. The van der Waals surface area contributed by atoms with Crippen LogP contribution in [0.1, 0.15) is 0 Å². The molecule has 1 aliphatic heterocycles. The van der Waals surface area contributed by atoms with E-state index in [4.69, 9.17) is 11.6 Å². The molecule has 1 aromatic carbocycles. The number of rotatable bonds is 4. The molecule has 1 heterocycles. The van der Waals surface area contributed by atoms with E-state index in [0.717, 1.165) is 31.9 Å². The normalized spacial score (nSPS) is 16.0. The molecule has 2 rings (SSSR count). The Morgan fingerprint density at radius 2 is 1.85 bits per heavy atom. The minimum absolute atomic E-state index is 0.224. The number of nitrogens with one attached hydrogen (secondary N) is 2. The van der Waals surface area contributed by atoms with Crippen LogP contribution in [-0.2, 0) is 0 Å². The average Bonchev–Trinajstić information content (AvgIpc) is 2.47. The van der Waals surface area contributed by atoms with Crippen LogP contribution >= 0.6 is 11.6 Å². The Kier molecular flexibility index (Phi) is 5.49. The van der Waals surface area contributed by atoms with Crippen molar-refractivity contribution in [3.63, 3.8) is 0 Å². The molecule has 0 aliphatic carbocycles. The molecular formula is C14H21ClN4O. The van der Waals surface area contributed by atoms with Crippen LogP contribution in [0.5, 0.6) is 0 Å². The Morgan fingerprint density at radius 1 is 1.20 bits per heavy atom. The molecule has 2 N–H and O–H groups in total. The van der Waals surface area contributed by atoms with E-state index in [2.05, 4.69) is 27.5 Å². The van der Waals surface area contributed by atoms with E-state index in [9.17, 15) is 4.79 Å². The number of halogens is 1. The molecule has 110 valence electrons. The maximum atomic E-state index is 11.5. The Morgan fingerprint density at radius 3 is 2.45 bits per heavy atom. The maximum absolute atomic E-state index is 11.5. The zero-order chi connectivity index (χ0) is 14.4. The summed E-state index contributed by atoms with van der Waals surface area (Å²) in [4.78, 5) is 16.2. The lowest BCUT2D eigenvalue weighted by atomic mass is 10.2. The fourth-order valence-corrected chi connectivity index (χ4v) is 2.25. The summed E-state index contributed by atoms with van der Waals surface area (Å²) < 4.78 is 0. The number of benzene rings is 1. The zero-order valence-corrected chi connectivity index (χ0v) is 12.5. The quantitative estimate of drug-likeness (QED) is 0.833. The second-order valence-electron chi connectivity index (χ2n) is 4.91. The number of hydrogen-bond donors (Lipinski definition) is 2. The number of carbonyl (C=O) groups is 1. The van der Waals surface area contributed by atoms with Crippen LogP contribution in [0.2, 0.25) is 0 Å². The third-order valence-corrected chi connectivity index (χ3v) is 3.56. The van der Waals surface area contributed by atoms with E-state index in [1.807, 2.05) is 24.3 Å². The van der Waals surface area contributed by atoms with Crippen LogP contribution in [0.25, 0.3) is 0 Å². The van der Waals surface area contributed by atoms with Crippen LogP contribution in [-0.4, -0.2) is 56.6 Å². The zero-order valence-electron chi connectivity index (χ0n) is 11.7. The lowest BCUT2D eigenvalue weighted by Crippen LogP contribution is -2.44. The molecule has 1 saturated heterocycles. The van der Waals surface area contributed by atoms with Gasteiger partial charge in [-0.25, -0.2) is 4.79 Å². The van der Waals surface area contributed by atoms with Gasteiger partial charge in [-0.05, 0) is 31.3 Å². The van der Waals surface area contributed by atoms with E-state index in [-0.39, 0.29) is 6.03 Å². The van der Waals surface area contributed by atoms with Crippen molar-refractivity contribution in [1.29, 1.82) is 0 Å². The predicted octanol–water partition coefficient (Wildman–Crippen LogP) is 1.80. The summed E-state index contributed by atoms with van der Waals surface area (Å²) in [5.41, 5.74) is 1.99. The molecule has 1 aromatic rings. The Bertz CT molecular complexity index is 429. The van der Waals surface area contributed by atoms with Crippen molar-refractivity contribution in [3.8, 4) is 0 Å². The van der Waals surface area contributed by atoms with Crippen LogP contribution < -0.4 is 15.5 Å². The number of nitrogens with zero attached hydrogens (tertiary/aromatic N) is 2. The number of anilines is 2. The first-order valence-electron chi connectivity index (χ1n) is 6.83. The molecule has 5 nitrogen and oxygen atoms in total. The predicted molar refractivity (Wildman–Crippen MR) is 83.9 cm³/mol. The van der Waals surface area contributed by atoms with E-state index in [1.165, 1.54) is 5.69 Å². The van der Waals surface area contributed by atoms with Gasteiger partial charge >= 0.3 is 6.03 Å². The monoisotopic (exact) mass is 296 g/mol. The fourth-order valence-electron chi connectivity index (χ4n) is 2.16. The van der Waals surface area contributed by atoms with Crippen LogP contribution in [0.3, 0.4) is 0 Å². The fraction of sp³-hybridized carbons (Fsp3) is 0.500. The summed E-state index contributed by atoms with van der Waals surface area (Å²) in [5.74, 6) is 0.412. The summed E-state index contributed by atoms with van der Waals surface area (Å²) in [6, 6.07) is 7.71. The summed E-state index contributed by atoms with van der Waals surface area (Å²) in [6.45, 7) is 4.72. The molecule has 0 bridgehead atoms. The van der Waals surface area contributed by atoms with Gasteiger partial charge in [0.1, 0.15) is 0 Å². The van der Waals surface area contributed by atoms with Gasteiger partial charge < -0.3 is 20.4 Å². The van der Waals surface area contributed by atoms with Gasteiger partial charge in [0.05, 0.1) is 0 Å². The van der Waals surface area contributed by atoms with Gasteiger partial charge in [-0.15, -0.1) is 11.6 Å². The highest BCUT2D eigenvalue weighted by atomic mass is 35.5. The third-order valence-electron chi connectivity index (χ3n) is 3.37. The summed E-state index contributed by atoms with van der Waals surface area (Å²) in [5, 5.41) is 5.44. The lowest BCUT2D eigenvalue weighted by Gasteiger charge is -2.34. The van der Waals surface area contributed by atoms with Crippen LogP contribution in [0.4, 0.5) is 16.2 Å². The number of urea groups is 1. The van der Waals surface area contributed by atoms with E-state index >= 15 is 0 Å². The molecule has 0 spiro atoms. The molecule has 0 unspecified atom stereocenters. The van der Waals surface area contributed by atoms with Crippen molar-refractivity contribution >= 4 is 29.0 Å². The summed E-state index contributed by atoms with van der Waals surface area (Å²) in [6.07, 6.45) is 0. The first-order valence-corrected chi connectivity index (χ1v) is 7.37. The van der Waals surface area contributed by atoms with Gasteiger partial charge in [-0.3, -0.25) is 0 Å². The molecule has 0 atom stereocenters. The van der Waals surface area contributed by atoms with E-state index in [1.54, 1.807) is 0 Å². The lowest BCUT2D eigenvalue weighted by molar-refractivity contribution is 0.252. The Hall–Kier alpha value is -1.46. The molecule has 2 amide bonds. The van der Waals surface area contributed by atoms with Gasteiger partial charge in [0.25, 0.3) is 0 Å². The number of alkyl halides is 1. The van der Waals surface area contributed by atoms with Crippen LogP contribution in [0.15, 0.2) is 24.3 Å². The smallest absolute Gasteiger partial charge is 0.319 e. The Labute approximate surface area is 124 Å². The third kappa shape index (κ3) is 4.28. The average molecular weight is 297 g/mol.